The minimum Gasteiger partial charge on any atom is -0.311 e. The highest BCUT2D eigenvalue weighted by atomic mass is 15.1. The van der Waals surface area contributed by atoms with Crippen LogP contribution in [0.4, 0.5) is 34.1 Å². The van der Waals surface area contributed by atoms with Crippen molar-refractivity contribution in [3.63, 3.8) is 0 Å². The van der Waals surface area contributed by atoms with Crippen LogP contribution in [0.25, 0.3) is 44.5 Å². The molecule has 0 heterocycles. The molecular formula is C64H54N2. The van der Waals surface area contributed by atoms with Crippen molar-refractivity contribution in [2.24, 2.45) is 5.92 Å². The summed E-state index contributed by atoms with van der Waals surface area (Å²) in [5, 5.41) is 0. The maximum Gasteiger partial charge on any atom is 0.0468 e. The molecule has 0 radical (unpaired) electrons. The van der Waals surface area contributed by atoms with Gasteiger partial charge in [-0.15, -0.1) is 0 Å². The number of benzene rings is 8. The standard InChI is InChI=1S/C64H54N2/c1-45-24-41-62-61(42-45)59-40-38-57(44-63(59)64(62,2)3)66(55-33-27-49(28-34-55)47-18-10-5-11-19-47)56-37-39-58(60(43-56)50-20-12-6-13-21-50)51-29-35-54(36-30-51)65(52-22-14-7-15-23-52)53-31-25-48(26-32-53)46-16-8-4-9-17-46/h4,6-10,12-41,43-45H,5,11,42H2,1-3H3. The zero-order valence-corrected chi connectivity index (χ0v) is 38.0. The zero-order valence-electron chi connectivity index (χ0n) is 38.0. The lowest BCUT2D eigenvalue weighted by atomic mass is 9.79. The van der Waals surface area contributed by atoms with E-state index in [1.165, 1.54) is 66.8 Å². The number of allylic oxidation sites excluding steroid dienone is 8. The van der Waals surface area contributed by atoms with Crippen LogP contribution in [0.15, 0.2) is 236 Å². The highest BCUT2D eigenvalue weighted by Crippen LogP contribution is 2.53. The molecule has 2 heteroatoms. The van der Waals surface area contributed by atoms with Crippen molar-refractivity contribution in [1.82, 2.24) is 0 Å². The maximum atomic E-state index is 2.47. The van der Waals surface area contributed by atoms with Crippen molar-refractivity contribution in [2.45, 2.75) is 45.4 Å². The Balaban J connectivity index is 1.00. The van der Waals surface area contributed by atoms with Crippen molar-refractivity contribution in [3.8, 4) is 33.4 Å². The van der Waals surface area contributed by atoms with E-state index in [1.807, 2.05) is 0 Å². The van der Waals surface area contributed by atoms with Gasteiger partial charge in [-0.3, -0.25) is 0 Å². The summed E-state index contributed by atoms with van der Waals surface area (Å²) in [6, 6.07) is 73.5. The number of rotatable bonds is 10. The summed E-state index contributed by atoms with van der Waals surface area (Å²) >= 11 is 0. The van der Waals surface area contributed by atoms with Crippen molar-refractivity contribution in [2.75, 3.05) is 9.80 Å². The van der Waals surface area contributed by atoms with Crippen LogP contribution in [0, 0.1) is 5.92 Å². The summed E-state index contributed by atoms with van der Waals surface area (Å²) < 4.78 is 0. The molecule has 66 heavy (non-hydrogen) atoms. The summed E-state index contributed by atoms with van der Waals surface area (Å²) in [6.07, 6.45) is 15.0. The molecule has 0 N–H and O–H groups in total. The molecule has 1 atom stereocenters. The number of nitrogens with zero attached hydrogens (tertiary/aromatic N) is 2. The molecule has 0 saturated heterocycles. The molecular weight excluding hydrogens is 797 g/mol. The Labute approximate surface area is 390 Å². The minimum absolute atomic E-state index is 0.0838. The van der Waals surface area contributed by atoms with Gasteiger partial charge in [-0.2, -0.15) is 0 Å². The Morgan fingerprint density at radius 3 is 1.53 bits per heavy atom. The second kappa shape index (κ2) is 17.4. The monoisotopic (exact) mass is 850 g/mol. The first-order chi connectivity index (χ1) is 32.4. The molecule has 320 valence electrons. The van der Waals surface area contributed by atoms with Crippen molar-refractivity contribution >= 4 is 45.3 Å². The fourth-order valence-corrected chi connectivity index (χ4v) is 10.4. The SMILES string of the molecule is CC1C=CC2=C(C1)c1ccc(N(c3ccc(C4=CCCC=C4)cc3)c3ccc(-c4ccc(N(c5ccccc5)c5ccc(-c6ccccc6)cc5)cc4)c(-c4ccccc4)c3)cc1C2(C)C. The predicted molar refractivity (Wildman–Crippen MR) is 281 cm³/mol. The third-order valence-electron chi connectivity index (χ3n) is 13.9. The van der Waals surface area contributed by atoms with Gasteiger partial charge in [-0.1, -0.05) is 179 Å². The Bertz CT molecular complexity index is 3150. The summed E-state index contributed by atoms with van der Waals surface area (Å²) in [4.78, 5) is 4.80. The second-order valence-electron chi connectivity index (χ2n) is 18.5. The number of anilines is 6. The zero-order chi connectivity index (χ0) is 44.6. The number of para-hydroxylation sites is 1. The fraction of sp³-hybridized carbons (Fsp3) is 0.125. The molecule has 0 bridgehead atoms. The van der Waals surface area contributed by atoms with Crippen molar-refractivity contribution in [1.29, 1.82) is 0 Å². The molecule has 0 aromatic heterocycles. The Hall–Kier alpha value is -7.68. The van der Waals surface area contributed by atoms with E-state index in [9.17, 15) is 0 Å². The Morgan fingerprint density at radius 1 is 0.424 bits per heavy atom. The van der Waals surface area contributed by atoms with Crippen molar-refractivity contribution < 1.29 is 0 Å². The van der Waals surface area contributed by atoms with Crippen LogP contribution in [-0.4, -0.2) is 0 Å². The van der Waals surface area contributed by atoms with Crippen molar-refractivity contribution in [3.05, 3.63) is 253 Å². The summed E-state index contributed by atoms with van der Waals surface area (Å²) in [7, 11) is 0. The molecule has 0 saturated carbocycles. The third kappa shape index (κ3) is 7.73. The maximum absolute atomic E-state index is 2.47. The summed E-state index contributed by atoms with van der Waals surface area (Å²) in [5.41, 5.74) is 22.1. The average molecular weight is 851 g/mol. The molecule has 3 aliphatic carbocycles. The molecule has 2 nitrogen and oxygen atoms in total. The smallest absolute Gasteiger partial charge is 0.0468 e. The first kappa shape index (κ1) is 41.1. The molecule has 0 aliphatic heterocycles. The number of fused-ring (bicyclic) bond motifs is 2. The molecule has 1 unspecified atom stereocenters. The molecule has 11 rings (SSSR count). The largest absolute Gasteiger partial charge is 0.311 e. The third-order valence-corrected chi connectivity index (χ3v) is 13.9. The van der Waals surface area contributed by atoms with E-state index >= 15 is 0 Å². The summed E-state index contributed by atoms with van der Waals surface area (Å²) in [6.45, 7) is 7.13. The van der Waals surface area contributed by atoms with Crippen LogP contribution in [0.1, 0.15) is 56.7 Å². The Kier molecular flexibility index (Phi) is 10.8. The van der Waals surface area contributed by atoms with Gasteiger partial charge in [0.25, 0.3) is 0 Å². The predicted octanol–water partition coefficient (Wildman–Crippen LogP) is 18.0. The first-order valence-corrected chi connectivity index (χ1v) is 23.5. The second-order valence-corrected chi connectivity index (χ2v) is 18.5. The van der Waals surface area contributed by atoms with Gasteiger partial charge < -0.3 is 9.80 Å². The lowest BCUT2D eigenvalue weighted by molar-refractivity contribution is 0.643. The average Bonchev–Trinajstić information content (AvgIpc) is 3.60. The van der Waals surface area contributed by atoms with E-state index in [-0.39, 0.29) is 5.41 Å². The molecule has 0 fully saturated rings. The lowest BCUT2D eigenvalue weighted by Gasteiger charge is -2.29. The van der Waals surface area contributed by atoms with E-state index in [0.717, 1.165) is 53.4 Å². The van der Waals surface area contributed by atoms with Gasteiger partial charge in [-0.25, -0.2) is 0 Å². The van der Waals surface area contributed by atoms with E-state index in [1.54, 1.807) is 0 Å². The van der Waals surface area contributed by atoms with Crippen LogP contribution >= 0.6 is 0 Å². The number of hydrogen-bond donors (Lipinski definition) is 0. The highest BCUT2D eigenvalue weighted by Gasteiger charge is 2.38. The van der Waals surface area contributed by atoms with Gasteiger partial charge >= 0.3 is 0 Å². The Morgan fingerprint density at radius 2 is 0.909 bits per heavy atom. The van der Waals surface area contributed by atoms with Crippen LogP contribution in [-0.2, 0) is 5.41 Å². The molecule has 0 amide bonds. The van der Waals surface area contributed by atoms with Crippen LogP contribution < -0.4 is 9.80 Å². The van der Waals surface area contributed by atoms with Gasteiger partial charge in [0.2, 0.25) is 0 Å². The van der Waals surface area contributed by atoms with E-state index in [4.69, 9.17) is 0 Å². The normalized spacial score (nSPS) is 15.8. The molecule has 8 aromatic rings. The highest BCUT2D eigenvalue weighted by molar-refractivity contribution is 5.92. The van der Waals surface area contributed by atoms with Crippen LogP contribution in [0.2, 0.25) is 0 Å². The van der Waals surface area contributed by atoms with Gasteiger partial charge in [0, 0.05) is 39.5 Å². The quantitative estimate of drug-likeness (QED) is 0.135. The van der Waals surface area contributed by atoms with E-state index in [2.05, 4.69) is 261 Å². The number of hydrogen-bond acceptors (Lipinski definition) is 2. The minimum atomic E-state index is -0.0838. The first-order valence-electron chi connectivity index (χ1n) is 23.5. The summed E-state index contributed by atoms with van der Waals surface area (Å²) in [5.74, 6) is 0.542. The topological polar surface area (TPSA) is 6.48 Å². The molecule has 0 spiro atoms. The van der Waals surface area contributed by atoms with E-state index in [0.29, 0.717) is 5.92 Å². The van der Waals surface area contributed by atoms with Gasteiger partial charge in [-0.05, 0) is 165 Å². The van der Waals surface area contributed by atoms with Gasteiger partial charge in [0.05, 0.1) is 0 Å². The molecule has 8 aromatic carbocycles. The van der Waals surface area contributed by atoms with Crippen LogP contribution in [0.5, 0.6) is 0 Å². The van der Waals surface area contributed by atoms with E-state index < -0.39 is 0 Å². The van der Waals surface area contributed by atoms with Gasteiger partial charge in [0.15, 0.2) is 0 Å². The lowest BCUT2D eigenvalue weighted by Crippen LogP contribution is -2.18. The van der Waals surface area contributed by atoms with Gasteiger partial charge in [0.1, 0.15) is 0 Å². The fourth-order valence-electron chi connectivity index (χ4n) is 10.4. The van der Waals surface area contributed by atoms with Crippen LogP contribution in [0.3, 0.4) is 0 Å². The molecule has 3 aliphatic rings.